The van der Waals surface area contributed by atoms with Crippen LogP contribution in [0.5, 0.6) is 5.75 Å². The van der Waals surface area contributed by atoms with E-state index in [4.69, 9.17) is 23.8 Å². The molecule has 1 aromatic heterocycles. The van der Waals surface area contributed by atoms with Gasteiger partial charge in [0.2, 0.25) is 0 Å². The molecule has 15 heteroatoms. The molecule has 4 atom stereocenters. The lowest BCUT2D eigenvalue weighted by Gasteiger charge is -2.22. The van der Waals surface area contributed by atoms with Gasteiger partial charge < -0.3 is 9.26 Å². The standard InChI is InChI=1S/C23H30N5O8PS/c1-15-13-28(22(31)25-20(15)29)19-12-17(26-27-24)18(35-19)14-34-37(32,36-16-8-6-5-7-9-16)33-10-11-38-21(30)23(2,3)4/h5-9,13,17-19H,10-12,14H2,1-4H3,(H,25,29,31)/t17-,18+,19+,37?/m0/s1. The molecule has 1 aromatic carbocycles. The number of nitrogens with one attached hydrogen (secondary N) is 1. The van der Waals surface area contributed by atoms with Gasteiger partial charge in [-0.25, -0.2) is 9.36 Å². The monoisotopic (exact) mass is 567 g/mol. The molecule has 0 radical (unpaired) electrons. The van der Waals surface area contributed by atoms with E-state index in [0.717, 1.165) is 11.8 Å². The van der Waals surface area contributed by atoms with Gasteiger partial charge in [0.05, 0.1) is 25.4 Å². The number of ether oxygens (including phenoxy) is 1. The van der Waals surface area contributed by atoms with Crippen molar-refractivity contribution in [3.63, 3.8) is 0 Å². The number of aromatic amines is 1. The summed E-state index contributed by atoms with van der Waals surface area (Å²) in [4.78, 5) is 41.2. The van der Waals surface area contributed by atoms with E-state index >= 15 is 0 Å². The number of nitrogens with zero attached hydrogens (tertiary/aromatic N) is 4. The summed E-state index contributed by atoms with van der Waals surface area (Å²) in [6, 6.07) is 7.51. The molecule has 38 heavy (non-hydrogen) atoms. The number of benzene rings is 1. The summed E-state index contributed by atoms with van der Waals surface area (Å²) in [7, 11) is -4.21. The summed E-state index contributed by atoms with van der Waals surface area (Å²) in [5, 5.41) is 3.68. The van der Waals surface area contributed by atoms with Gasteiger partial charge in [0, 0.05) is 34.3 Å². The van der Waals surface area contributed by atoms with Crippen LogP contribution < -0.4 is 15.8 Å². The zero-order valence-electron chi connectivity index (χ0n) is 21.4. The average Bonchev–Trinajstić information content (AvgIpc) is 3.25. The molecule has 3 rings (SSSR count). The van der Waals surface area contributed by atoms with Crippen molar-refractivity contribution in [1.82, 2.24) is 9.55 Å². The molecule has 2 heterocycles. The van der Waals surface area contributed by atoms with E-state index in [0.29, 0.717) is 5.56 Å². The third-order valence-electron chi connectivity index (χ3n) is 5.40. The number of azide groups is 1. The number of rotatable bonds is 11. The molecule has 13 nitrogen and oxygen atoms in total. The van der Waals surface area contributed by atoms with Crippen molar-refractivity contribution in [2.45, 2.75) is 52.5 Å². The number of H-pyrrole nitrogens is 1. The van der Waals surface area contributed by atoms with Crippen molar-refractivity contribution in [2.24, 2.45) is 10.5 Å². The summed E-state index contributed by atoms with van der Waals surface area (Å²) in [6.07, 6.45) is -0.300. The first kappa shape index (κ1) is 29.7. The lowest BCUT2D eigenvalue weighted by molar-refractivity contribution is -0.117. The maximum absolute atomic E-state index is 13.5. The Bertz CT molecular complexity index is 1340. The molecule has 1 unspecified atom stereocenters. The van der Waals surface area contributed by atoms with Gasteiger partial charge in [0.15, 0.2) is 5.12 Å². The molecule has 1 fully saturated rings. The zero-order chi connectivity index (χ0) is 27.9. The van der Waals surface area contributed by atoms with Crippen molar-refractivity contribution in [3.05, 3.63) is 73.4 Å². The lowest BCUT2D eigenvalue weighted by Crippen LogP contribution is -2.33. The molecule has 1 aliphatic heterocycles. The smallest absolute Gasteiger partial charge is 0.404 e. The zero-order valence-corrected chi connectivity index (χ0v) is 23.1. The number of phosphoric ester groups is 1. The molecule has 1 N–H and O–H groups in total. The first-order chi connectivity index (χ1) is 17.9. The van der Waals surface area contributed by atoms with Crippen LogP contribution in [0.25, 0.3) is 10.4 Å². The molecule has 0 aliphatic carbocycles. The Hall–Kier alpha value is -2.86. The number of aromatic nitrogens is 2. The normalized spacial score (nSPS) is 20.9. The SMILES string of the molecule is Cc1cn([C@H]2C[C@H](N=[N+]=[N-])[C@@H](COP(=O)(OCCSC(=O)C(C)(C)C)Oc3ccccc3)O2)c(=O)[nH]c1=O. The third-order valence-corrected chi connectivity index (χ3v) is 8.04. The fourth-order valence-corrected chi connectivity index (χ4v) is 5.50. The Morgan fingerprint density at radius 3 is 2.66 bits per heavy atom. The van der Waals surface area contributed by atoms with Crippen molar-refractivity contribution >= 4 is 24.7 Å². The third kappa shape index (κ3) is 8.07. The van der Waals surface area contributed by atoms with E-state index in [-0.39, 0.29) is 36.3 Å². The largest absolute Gasteiger partial charge is 0.530 e. The van der Waals surface area contributed by atoms with Gasteiger partial charge in [0.1, 0.15) is 12.0 Å². The number of hydrogen-bond donors (Lipinski definition) is 1. The van der Waals surface area contributed by atoms with Gasteiger partial charge in [-0.05, 0) is 24.6 Å². The second-order valence-corrected chi connectivity index (χ2v) is 12.1. The fraction of sp³-hybridized carbons (Fsp3) is 0.522. The van der Waals surface area contributed by atoms with Crippen molar-refractivity contribution in [1.29, 1.82) is 0 Å². The molecule has 1 saturated heterocycles. The number of para-hydroxylation sites is 1. The van der Waals surface area contributed by atoms with Crippen molar-refractivity contribution in [2.75, 3.05) is 19.0 Å². The van der Waals surface area contributed by atoms with Gasteiger partial charge in [0.25, 0.3) is 5.56 Å². The Labute approximate surface area is 223 Å². The van der Waals surface area contributed by atoms with E-state index in [2.05, 4.69) is 15.0 Å². The fourth-order valence-electron chi connectivity index (χ4n) is 3.39. The number of thioether (sulfide) groups is 1. The first-order valence-corrected chi connectivity index (χ1v) is 14.2. The van der Waals surface area contributed by atoms with Crippen LogP contribution in [0.1, 0.15) is 39.0 Å². The Kier molecular flexibility index (Phi) is 10.00. The molecule has 0 bridgehead atoms. The van der Waals surface area contributed by atoms with E-state index in [1.165, 1.54) is 17.7 Å². The quantitative estimate of drug-likeness (QED) is 0.136. The number of phosphoric acid groups is 1. The minimum atomic E-state index is -4.21. The van der Waals surface area contributed by atoms with E-state index < -0.39 is 42.9 Å². The first-order valence-electron chi connectivity index (χ1n) is 11.7. The highest BCUT2D eigenvalue weighted by Gasteiger charge is 2.39. The highest BCUT2D eigenvalue weighted by atomic mass is 32.2. The summed E-state index contributed by atoms with van der Waals surface area (Å²) >= 11 is 1.05. The predicted molar refractivity (Wildman–Crippen MR) is 141 cm³/mol. The van der Waals surface area contributed by atoms with Gasteiger partial charge in [-0.15, -0.1) is 0 Å². The Morgan fingerprint density at radius 1 is 1.29 bits per heavy atom. The van der Waals surface area contributed by atoms with Gasteiger partial charge in [-0.1, -0.05) is 55.8 Å². The maximum Gasteiger partial charge on any atom is 0.530 e. The summed E-state index contributed by atoms with van der Waals surface area (Å²) in [6.45, 7) is 6.48. The Morgan fingerprint density at radius 2 is 2.00 bits per heavy atom. The van der Waals surface area contributed by atoms with Crippen LogP contribution in [0.3, 0.4) is 0 Å². The van der Waals surface area contributed by atoms with Crippen LogP contribution in [-0.4, -0.2) is 45.8 Å². The van der Waals surface area contributed by atoms with Crippen LogP contribution in [0.15, 0.2) is 51.2 Å². The molecule has 206 valence electrons. The number of aryl methyl sites for hydroxylation is 1. The molecular formula is C23H30N5O8PS. The molecule has 0 spiro atoms. The number of carbonyl (C=O) groups is 1. The van der Waals surface area contributed by atoms with Crippen molar-refractivity contribution < 1.29 is 27.7 Å². The highest BCUT2D eigenvalue weighted by molar-refractivity contribution is 8.13. The van der Waals surface area contributed by atoms with E-state index in [1.807, 2.05) is 0 Å². The second kappa shape index (κ2) is 12.8. The molecular weight excluding hydrogens is 537 g/mol. The minimum Gasteiger partial charge on any atom is -0.404 e. The second-order valence-electron chi connectivity index (χ2n) is 9.48. The molecule has 0 amide bonds. The average molecular weight is 568 g/mol. The lowest BCUT2D eigenvalue weighted by atomic mass is 10.00. The highest BCUT2D eigenvalue weighted by Crippen LogP contribution is 2.50. The van der Waals surface area contributed by atoms with Gasteiger partial charge >= 0.3 is 13.5 Å². The molecule has 0 saturated carbocycles. The summed E-state index contributed by atoms with van der Waals surface area (Å²) < 4.78 is 37.2. The van der Waals surface area contributed by atoms with Crippen LogP contribution >= 0.6 is 19.6 Å². The summed E-state index contributed by atoms with van der Waals surface area (Å²) in [5.74, 6) is 0.459. The van der Waals surface area contributed by atoms with Gasteiger partial charge in [-0.2, -0.15) is 0 Å². The van der Waals surface area contributed by atoms with Crippen LogP contribution in [-0.2, 0) is 23.1 Å². The van der Waals surface area contributed by atoms with Crippen molar-refractivity contribution in [3.8, 4) is 5.75 Å². The predicted octanol–water partition coefficient (Wildman–Crippen LogP) is 4.34. The topological polar surface area (TPSA) is 175 Å². The number of carbonyl (C=O) groups excluding carboxylic acids is 1. The molecule has 2 aromatic rings. The number of hydrogen-bond acceptors (Lipinski definition) is 10. The summed E-state index contributed by atoms with van der Waals surface area (Å²) in [5.41, 5.74) is 7.57. The van der Waals surface area contributed by atoms with E-state index in [9.17, 15) is 18.9 Å². The Balaban J connectivity index is 1.72. The van der Waals surface area contributed by atoms with Crippen LogP contribution in [0.2, 0.25) is 0 Å². The van der Waals surface area contributed by atoms with E-state index in [1.54, 1.807) is 51.1 Å². The van der Waals surface area contributed by atoms with Crippen LogP contribution in [0, 0.1) is 12.3 Å². The molecule has 1 aliphatic rings. The van der Waals surface area contributed by atoms with Gasteiger partial charge in [-0.3, -0.25) is 28.2 Å². The maximum atomic E-state index is 13.5. The van der Waals surface area contributed by atoms with Crippen LogP contribution in [0.4, 0.5) is 0 Å². The minimum absolute atomic E-state index is 0.0452.